The second-order valence-electron chi connectivity index (χ2n) is 8.96. The fourth-order valence-corrected chi connectivity index (χ4v) is 6.03. The van der Waals surface area contributed by atoms with Gasteiger partial charge in [-0.05, 0) is 42.5 Å². The van der Waals surface area contributed by atoms with E-state index in [9.17, 15) is 21.6 Å². The lowest BCUT2D eigenvalue weighted by molar-refractivity contribution is -0.0492. The number of nitrogens with zero attached hydrogens (tertiary/aromatic N) is 4. The first-order valence-corrected chi connectivity index (χ1v) is 13.0. The smallest absolute Gasteiger partial charge is 0.396 e. The summed E-state index contributed by atoms with van der Waals surface area (Å²) in [7, 11) is -5.53. The lowest BCUT2D eigenvalue weighted by atomic mass is 9.97. The van der Waals surface area contributed by atoms with Crippen LogP contribution in [0.25, 0.3) is 0 Å². The third-order valence-corrected chi connectivity index (χ3v) is 8.38. The molecule has 34 heavy (non-hydrogen) atoms. The van der Waals surface area contributed by atoms with Gasteiger partial charge in [-0.2, -0.15) is 17.5 Å². The van der Waals surface area contributed by atoms with Crippen LogP contribution in [0, 0.1) is 5.92 Å². The molecular formula is C22H27ClF3N5O2S. The Kier molecular flexibility index (Phi) is 7.25. The number of nitrogens with two attached hydrogens (primary N) is 1. The number of hydrogen-bond donors (Lipinski definition) is 1. The van der Waals surface area contributed by atoms with Crippen LogP contribution in [-0.2, 0) is 23.1 Å². The molecule has 0 radical (unpaired) electrons. The summed E-state index contributed by atoms with van der Waals surface area (Å²) in [5, 5.41) is 0.316. The van der Waals surface area contributed by atoms with Crippen molar-refractivity contribution in [3.05, 3.63) is 47.0 Å². The van der Waals surface area contributed by atoms with Crippen molar-refractivity contribution >= 4 is 33.0 Å². The third kappa shape index (κ3) is 5.41. The molecule has 1 atom stereocenters. The van der Waals surface area contributed by atoms with Gasteiger partial charge in [0.2, 0.25) is 0 Å². The SMILES string of the molecule is Nc1cnc(CN2c3ccc(Cl)cc3CN(S(=O)(=O)C(F)(F)F)CC2CCC2CCCC2)nc1. The molecule has 2 heterocycles. The number of nitrogen functional groups attached to an aromatic ring is 1. The van der Waals surface area contributed by atoms with Gasteiger partial charge >= 0.3 is 15.5 Å². The van der Waals surface area contributed by atoms with Gasteiger partial charge in [0.25, 0.3) is 0 Å². The Hall–Kier alpha value is -2.11. The van der Waals surface area contributed by atoms with Crippen LogP contribution in [0.4, 0.5) is 24.5 Å². The summed E-state index contributed by atoms with van der Waals surface area (Å²) >= 11 is 6.14. The normalized spacial score (nSPS) is 20.4. The number of anilines is 2. The Bertz CT molecular complexity index is 1110. The summed E-state index contributed by atoms with van der Waals surface area (Å²) in [6.45, 7) is -0.517. The largest absolute Gasteiger partial charge is 0.511 e. The molecule has 1 aromatic carbocycles. The molecule has 186 valence electrons. The number of hydrogen-bond acceptors (Lipinski definition) is 6. The molecule has 0 spiro atoms. The molecule has 1 saturated carbocycles. The van der Waals surface area contributed by atoms with Crippen LogP contribution < -0.4 is 10.6 Å². The van der Waals surface area contributed by atoms with Crippen molar-refractivity contribution in [3.63, 3.8) is 0 Å². The second kappa shape index (κ2) is 9.87. The van der Waals surface area contributed by atoms with Crippen molar-refractivity contribution in [1.29, 1.82) is 0 Å². The highest BCUT2D eigenvalue weighted by atomic mass is 35.5. The first kappa shape index (κ1) is 25.0. The number of sulfonamides is 1. The molecule has 4 rings (SSSR count). The molecule has 1 unspecified atom stereocenters. The van der Waals surface area contributed by atoms with E-state index < -0.39 is 28.1 Å². The number of alkyl halides is 3. The molecule has 0 bridgehead atoms. The van der Waals surface area contributed by atoms with Crippen LogP contribution in [0.1, 0.15) is 49.9 Å². The number of rotatable bonds is 6. The minimum absolute atomic E-state index is 0.199. The summed E-state index contributed by atoms with van der Waals surface area (Å²) in [5.41, 5.74) is 1.73. The van der Waals surface area contributed by atoms with Crippen molar-refractivity contribution in [1.82, 2.24) is 14.3 Å². The van der Waals surface area contributed by atoms with Gasteiger partial charge in [-0.15, -0.1) is 0 Å². The molecule has 1 aliphatic carbocycles. The Morgan fingerprint density at radius 3 is 2.44 bits per heavy atom. The number of halogens is 4. The summed E-state index contributed by atoms with van der Waals surface area (Å²) in [6, 6.07) is 4.40. The standard InChI is InChI=1S/C22H27ClF3N5O2S/c23-17-6-8-20-16(9-17)12-30(34(32,33)22(24,25)26)13-19(7-5-15-3-1-2-4-15)31(20)14-21-28-10-18(27)11-29-21/h6,8-11,15,19H,1-5,7,12-14,27H2. The highest BCUT2D eigenvalue weighted by Gasteiger charge is 2.51. The Labute approximate surface area is 202 Å². The average molecular weight is 518 g/mol. The maximum absolute atomic E-state index is 13.5. The van der Waals surface area contributed by atoms with E-state index in [1.54, 1.807) is 12.1 Å². The van der Waals surface area contributed by atoms with Gasteiger partial charge in [0, 0.05) is 29.8 Å². The molecule has 2 N–H and O–H groups in total. The van der Waals surface area contributed by atoms with Crippen molar-refractivity contribution in [3.8, 4) is 0 Å². The highest BCUT2D eigenvalue weighted by Crippen LogP contribution is 2.38. The molecule has 1 fully saturated rings. The second-order valence-corrected chi connectivity index (χ2v) is 11.3. The Morgan fingerprint density at radius 2 is 1.79 bits per heavy atom. The lowest BCUT2D eigenvalue weighted by Crippen LogP contribution is -2.47. The topological polar surface area (TPSA) is 92.4 Å². The highest BCUT2D eigenvalue weighted by molar-refractivity contribution is 7.89. The van der Waals surface area contributed by atoms with Gasteiger partial charge < -0.3 is 10.6 Å². The van der Waals surface area contributed by atoms with E-state index in [0.717, 1.165) is 32.1 Å². The van der Waals surface area contributed by atoms with E-state index in [2.05, 4.69) is 9.97 Å². The van der Waals surface area contributed by atoms with Crippen molar-refractivity contribution < 1.29 is 21.6 Å². The zero-order chi connectivity index (χ0) is 24.5. The molecule has 1 aliphatic heterocycles. The van der Waals surface area contributed by atoms with E-state index in [4.69, 9.17) is 17.3 Å². The fourth-order valence-electron chi connectivity index (χ4n) is 4.86. The van der Waals surface area contributed by atoms with E-state index >= 15 is 0 Å². The van der Waals surface area contributed by atoms with E-state index in [1.807, 2.05) is 4.90 Å². The zero-order valence-corrected chi connectivity index (χ0v) is 20.1. The quantitative estimate of drug-likeness (QED) is 0.596. The van der Waals surface area contributed by atoms with Crippen LogP contribution in [-0.4, -0.2) is 40.8 Å². The first-order valence-electron chi connectivity index (χ1n) is 11.2. The summed E-state index contributed by atoms with van der Waals surface area (Å²) in [4.78, 5) is 10.4. The fraction of sp³-hybridized carbons (Fsp3) is 0.545. The summed E-state index contributed by atoms with van der Waals surface area (Å²) < 4.78 is 66.1. The van der Waals surface area contributed by atoms with Crippen LogP contribution in [0.15, 0.2) is 30.6 Å². The molecule has 0 amide bonds. The van der Waals surface area contributed by atoms with Crippen LogP contribution in [0.2, 0.25) is 5.02 Å². The minimum atomic E-state index is -5.53. The molecule has 1 aromatic heterocycles. The Morgan fingerprint density at radius 1 is 1.12 bits per heavy atom. The first-order chi connectivity index (χ1) is 16.0. The van der Waals surface area contributed by atoms with Gasteiger partial charge in [0.1, 0.15) is 5.82 Å². The van der Waals surface area contributed by atoms with Gasteiger partial charge in [-0.25, -0.2) is 18.4 Å². The van der Waals surface area contributed by atoms with E-state index in [-0.39, 0.29) is 13.1 Å². The summed E-state index contributed by atoms with van der Waals surface area (Å²) in [6.07, 6.45) is 8.77. The van der Waals surface area contributed by atoms with E-state index in [0.29, 0.717) is 44.4 Å². The molecule has 7 nitrogen and oxygen atoms in total. The van der Waals surface area contributed by atoms with Crippen molar-refractivity contribution in [2.75, 3.05) is 17.2 Å². The maximum atomic E-state index is 13.5. The van der Waals surface area contributed by atoms with Crippen LogP contribution >= 0.6 is 11.6 Å². The molecule has 12 heteroatoms. The molecule has 2 aromatic rings. The third-order valence-electron chi connectivity index (χ3n) is 6.61. The van der Waals surface area contributed by atoms with Crippen molar-refractivity contribution in [2.24, 2.45) is 5.92 Å². The number of fused-ring (bicyclic) bond motifs is 1. The van der Waals surface area contributed by atoms with Gasteiger partial charge in [-0.3, -0.25) is 0 Å². The van der Waals surface area contributed by atoms with Crippen LogP contribution in [0.5, 0.6) is 0 Å². The zero-order valence-electron chi connectivity index (χ0n) is 18.5. The summed E-state index contributed by atoms with van der Waals surface area (Å²) in [5.74, 6) is 0.934. The Balaban J connectivity index is 1.74. The predicted molar refractivity (Wildman–Crippen MR) is 124 cm³/mol. The average Bonchev–Trinajstić information content (AvgIpc) is 3.24. The van der Waals surface area contributed by atoms with Gasteiger partial charge in [-0.1, -0.05) is 37.3 Å². The number of aromatic nitrogens is 2. The van der Waals surface area contributed by atoms with E-state index in [1.165, 1.54) is 18.5 Å². The van der Waals surface area contributed by atoms with Crippen molar-refractivity contribution in [2.45, 2.75) is 63.2 Å². The molecular weight excluding hydrogens is 491 g/mol. The monoisotopic (exact) mass is 517 g/mol. The minimum Gasteiger partial charge on any atom is -0.396 e. The maximum Gasteiger partial charge on any atom is 0.511 e. The van der Waals surface area contributed by atoms with Crippen LogP contribution in [0.3, 0.4) is 0 Å². The molecule has 0 saturated heterocycles. The number of benzene rings is 1. The van der Waals surface area contributed by atoms with Gasteiger partial charge in [0.15, 0.2) is 0 Å². The predicted octanol–water partition coefficient (Wildman–Crippen LogP) is 4.72. The lowest BCUT2D eigenvalue weighted by Gasteiger charge is -2.34. The molecule has 2 aliphatic rings. The van der Waals surface area contributed by atoms with Gasteiger partial charge in [0.05, 0.1) is 24.6 Å².